The highest BCUT2D eigenvalue weighted by Gasteiger charge is 2.14. The van der Waals surface area contributed by atoms with Crippen LogP contribution < -0.4 is 4.74 Å². The van der Waals surface area contributed by atoms with Crippen LogP contribution in [0.25, 0.3) is 0 Å². The summed E-state index contributed by atoms with van der Waals surface area (Å²) in [6.45, 7) is 4.41. The van der Waals surface area contributed by atoms with Gasteiger partial charge in [-0.25, -0.2) is 4.39 Å². The SMILES string of the molecule is Cc1cc(C)cc(OCCC(C#N)c2ccccc2F)c1. The summed E-state index contributed by atoms with van der Waals surface area (Å²) in [4.78, 5) is 0. The Morgan fingerprint density at radius 1 is 1.14 bits per heavy atom. The first kappa shape index (κ1) is 15.1. The fraction of sp³-hybridized carbons (Fsp3) is 0.278. The van der Waals surface area contributed by atoms with Gasteiger partial charge in [0.1, 0.15) is 11.6 Å². The molecule has 0 aliphatic carbocycles. The molecule has 0 radical (unpaired) electrons. The molecule has 0 aromatic heterocycles. The summed E-state index contributed by atoms with van der Waals surface area (Å²) in [5.41, 5.74) is 2.70. The van der Waals surface area contributed by atoms with Gasteiger partial charge in [0.2, 0.25) is 0 Å². The molecule has 21 heavy (non-hydrogen) atoms. The Labute approximate surface area is 124 Å². The second kappa shape index (κ2) is 6.90. The van der Waals surface area contributed by atoms with Crippen LogP contribution in [0.1, 0.15) is 29.0 Å². The summed E-state index contributed by atoms with van der Waals surface area (Å²) in [6.07, 6.45) is 0.463. The molecule has 1 atom stereocenters. The predicted octanol–water partition coefficient (Wildman–Crippen LogP) is 4.52. The van der Waals surface area contributed by atoms with Crippen LogP contribution in [0.5, 0.6) is 5.75 Å². The van der Waals surface area contributed by atoms with Crippen LogP contribution >= 0.6 is 0 Å². The van der Waals surface area contributed by atoms with Crippen molar-refractivity contribution in [3.63, 3.8) is 0 Å². The lowest BCUT2D eigenvalue weighted by atomic mass is 9.97. The Bertz CT molecular complexity index is 640. The summed E-state index contributed by atoms with van der Waals surface area (Å²) in [7, 11) is 0. The van der Waals surface area contributed by atoms with E-state index in [9.17, 15) is 9.65 Å². The Balaban J connectivity index is 1.98. The number of halogens is 1. The molecular weight excluding hydrogens is 265 g/mol. The fourth-order valence-corrected chi connectivity index (χ4v) is 2.36. The van der Waals surface area contributed by atoms with E-state index in [-0.39, 0.29) is 5.82 Å². The molecule has 0 saturated heterocycles. The zero-order chi connectivity index (χ0) is 15.2. The summed E-state index contributed by atoms with van der Waals surface area (Å²) in [6, 6.07) is 14.5. The number of benzene rings is 2. The molecule has 0 aliphatic heterocycles. The number of rotatable bonds is 5. The van der Waals surface area contributed by atoms with Gasteiger partial charge in [-0.05, 0) is 43.2 Å². The van der Waals surface area contributed by atoms with E-state index in [2.05, 4.69) is 12.1 Å². The van der Waals surface area contributed by atoms with Crippen molar-refractivity contribution in [2.75, 3.05) is 6.61 Å². The Kier molecular flexibility index (Phi) is 4.94. The Morgan fingerprint density at radius 2 is 1.81 bits per heavy atom. The summed E-state index contributed by atoms with van der Waals surface area (Å²) in [5, 5.41) is 9.22. The van der Waals surface area contributed by atoms with E-state index in [1.165, 1.54) is 6.07 Å². The summed E-state index contributed by atoms with van der Waals surface area (Å²) in [5.74, 6) is -0.0368. The first-order chi connectivity index (χ1) is 10.1. The average Bonchev–Trinajstić information content (AvgIpc) is 2.44. The molecule has 2 nitrogen and oxygen atoms in total. The smallest absolute Gasteiger partial charge is 0.127 e. The van der Waals surface area contributed by atoms with Crippen LogP contribution in [0.3, 0.4) is 0 Å². The quantitative estimate of drug-likeness (QED) is 0.808. The first-order valence-electron chi connectivity index (χ1n) is 6.95. The lowest BCUT2D eigenvalue weighted by Gasteiger charge is -2.12. The maximum absolute atomic E-state index is 13.7. The zero-order valence-corrected chi connectivity index (χ0v) is 12.3. The molecule has 2 rings (SSSR count). The van der Waals surface area contributed by atoms with Crippen molar-refractivity contribution in [2.45, 2.75) is 26.2 Å². The van der Waals surface area contributed by atoms with Gasteiger partial charge in [0.05, 0.1) is 18.6 Å². The minimum atomic E-state index is -0.489. The van der Waals surface area contributed by atoms with Gasteiger partial charge < -0.3 is 4.74 Å². The molecule has 3 heteroatoms. The number of nitriles is 1. The summed E-state index contributed by atoms with van der Waals surface area (Å²) >= 11 is 0. The van der Waals surface area contributed by atoms with Gasteiger partial charge in [-0.3, -0.25) is 0 Å². The largest absolute Gasteiger partial charge is 0.494 e. The minimum absolute atomic E-state index is 0.338. The highest BCUT2D eigenvalue weighted by atomic mass is 19.1. The Morgan fingerprint density at radius 3 is 2.43 bits per heavy atom. The van der Waals surface area contributed by atoms with E-state index >= 15 is 0 Å². The number of hydrogen-bond donors (Lipinski definition) is 0. The third-order valence-electron chi connectivity index (χ3n) is 3.31. The maximum Gasteiger partial charge on any atom is 0.127 e. The number of aryl methyl sites for hydroxylation is 2. The van der Waals surface area contributed by atoms with Crippen LogP contribution in [0.2, 0.25) is 0 Å². The van der Waals surface area contributed by atoms with E-state index in [4.69, 9.17) is 4.74 Å². The van der Waals surface area contributed by atoms with Crippen LogP contribution in [-0.4, -0.2) is 6.61 Å². The third kappa shape index (κ3) is 4.06. The van der Waals surface area contributed by atoms with Gasteiger partial charge in [-0.2, -0.15) is 5.26 Å². The van der Waals surface area contributed by atoms with Crippen LogP contribution in [0.15, 0.2) is 42.5 Å². The zero-order valence-electron chi connectivity index (χ0n) is 12.3. The fourth-order valence-electron chi connectivity index (χ4n) is 2.36. The van der Waals surface area contributed by atoms with Gasteiger partial charge >= 0.3 is 0 Å². The lowest BCUT2D eigenvalue weighted by molar-refractivity contribution is 0.304. The Hall–Kier alpha value is -2.34. The van der Waals surface area contributed by atoms with Gasteiger partial charge in [0.25, 0.3) is 0 Å². The van der Waals surface area contributed by atoms with Crippen LogP contribution in [0.4, 0.5) is 4.39 Å². The van der Waals surface area contributed by atoms with Crippen molar-refractivity contribution in [1.82, 2.24) is 0 Å². The van der Waals surface area contributed by atoms with Crippen LogP contribution in [-0.2, 0) is 0 Å². The number of nitrogens with zero attached hydrogens (tertiary/aromatic N) is 1. The molecule has 0 heterocycles. The highest BCUT2D eigenvalue weighted by molar-refractivity contribution is 5.33. The standard InChI is InChI=1S/C18H18FNO/c1-13-9-14(2)11-16(10-13)21-8-7-15(12-20)17-5-3-4-6-18(17)19/h3-6,9-11,15H,7-8H2,1-2H3. The van der Waals surface area contributed by atoms with Gasteiger partial charge in [-0.15, -0.1) is 0 Å². The number of ether oxygens (including phenoxy) is 1. The molecular formula is C18H18FNO. The second-order valence-electron chi connectivity index (χ2n) is 5.16. The topological polar surface area (TPSA) is 33.0 Å². The highest BCUT2D eigenvalue weighted by Crippen LogP contribution is 2.23. The lowest BCUT2D eigenvalue weighted by Crippen LogP contribution is -2.06. The molecule has 1 unspecified atom stereocenters. The minimum Gasteiger partial charge on any atom is -0.494 e. The van der Waals surface area contributed by atoms with E-state index < -0.39 is 5.92 Å². The monoisotopic (exact) mass is 283 g/mol. The molecule has 0 spiro atoms. The van der Waals surface area contributed by atoms with E-state index in [0.29, 0.717) is 18.6 Å². The molecule has 0 aliphatic rings. The number of hydrogen-bond acceptors (Lipinski definition) is 2. The van der Waals surface area contributed by atoms with Gasteiger partial charge in [-0.1, -0.05) is 24.3 Å². The van der Waals surface area contributed by atoms with Gasteiger partial charge in [0, 0.05) is 12.0 Å². The molecule has 0 bridgehead atoms. The maximum atomic E-state index is 13.7. The molecule has 0 amide bonds. The molecule has 2 aromatic rings. The van der Waals surface area contributed by atoms with Crippen molar-refractivity contribution in [2.24, 2.45) is 0 Å². The van der Waals surface area contributed by atoms with Crippen LogP contribution in [0, 0.1) is 31.0 Å². The third-order valence-corrected chi connectivity index (χ3v) is 3.31. The second-order valence-corrected chi connectivity index (χ2v) is 5.16. The predicted molar refractivity (Wildman–Crippen MR) is 80.8 cm³/mol. The average molecular weight is 283 g/mol. The molecule has 108 valence electrons. The van der Waals surface area contributed by atoms with E-state index in [1.807, 2.05) is 26.0 Å². The molecule has 0 fully saturated rings. The van der Waals surface area contributed by atoms with Gasteiger partial charge in [0.15, 0.2) is 0 Å². The van der Waals surface area contributed by atoms with Crippen molar-refractivity contribution in [3.05, 3.63) is 65.0 Å². The normalized spacial score (nSPS) is 11.7. The van der Waals surface area contributed by atoms with E-state index in [0.717, 1.165) is 16.9 Å². The summed E-state index contributed by atoms with van der Waals surface area (Å²) < 4.78 is 19.4. The van der Waals surface area contributed by atoms with Crippen molar-refractivity contribution in [1.29, 1.82) is 5.26 Å². The van der Waals surface area contributed by atoms with Crippen molar-refractivity contribution < 1.29 is 9.13 Å². The van der Waals surface area contributed by atoms with E-state index in [1.54, 1.807) is 18.2 Å². The molecule has 2 aromatic carbocycles. The van der Waals surface area contributed by atoms with Crippen molar-refractivity contribution in [3.8, 4) is 11.8 Å². The molecule has 0 N–H and O–H groups in total. The van der Waals surface area contributed by atoms with Crippen molar-refractivity contribution >= 4 is 0 Å². The first-order valence-corrected chi connectivity index (χ1v) is 6.95. The molecule has 0 saturated carbocycles.